The van der Waals surface area contributed by atoms with Crippen LogP contribution in [0.15, 0.2) is 12.2 Å². The number of allylic oxidation sites excluding steroid dienone is 1. The van der Waals surface area contributed by atoms with E-state index in [1.807, 2.05) is 6.08 Å². The van der Waals surface area contributed by atoms with Crippen molar-refractivity contribution in [3.8, 4) is 0 Å². The summed E-state index contributed by atoms with van der Waals surface area (Å²) < 4.78 is 10.9. The Kier molecular flexibility index (Phi) is 1.98. The van der Waals surface area contributed by atoms with E-state index >= 15 is 0 Å². The van der Waals surface area contributed by atoms with Gasteiger partial charge in [0.15, 0.2) is 5.60 Å². The van der Waals surface area contributed by atoms with E-state index in [1.54, 1.807) is 7.11 Å². The van der Waals surface area contributed by atoms with Crippen molar-refractivity contribution >= 4 is 5.97 Å². The summed E-state index contributed by atoms with van der Waals surface area (Å²) >= 11 is 0. The smallest absolute Gasteiger partial charge is 0.309 e. The van der Waals surface area contributed by atoms with Crippen LogP contribution in [0.3, 0.4) is 0 Å². The van der Waals surface area contributed by atoms with E-state index in [0.717, 1.165) is 6.42 Å². The molecular formula is C12H16O4. The first-order chi connectivity index (χ1) is 7.61. The number of ether oxygens (including phenoxy) is 2. The highest BCUT2D eigenvalue weighted by atomic mass is 16.6. The molecule has 4 heteroatoms. The average Bonchev–Trinajstić information content (AvgIpc) is 2.61. The molecule has 0 aromatic rings. The van der Waals surface area contributed by atoms with Crippen molar-refractivity contribution in [3.63, 3.8) is 0 Å². The lowest BCUT2D eigenvalue weighted by Crippen LogP contribution is -2.51. The summed E-state index contributed by atoms with van der Waals surface area (Å²) in [6.45, 7) is 0. The lowest BCUT2D eigenvalue weighted by atomic mass is 9.74. The Morgan fingerprint density at radius 1 is 1.56 bits per heavy atom. The van der Waals surface area contributed by atoms with E-state index in [2.05, 4.69) is 6.08 Å². The van der Waals surface area contributed by atoms with Crippen molar-refractivity contribution in [2.45, 2.75) is 43.0 Å². The molecule has 2 aliphatic carbocycles. The van der Waals surface area contributed by atoms with Crippen molar-refractivity contribution in [2.24, 2.45) is 5.92 Å². The molecule has 1 aliphatic heterocycles. The van der Waals surface area contributed by atoms with E-state index in [-0.39, 0.29) is 24.4 Å². The van der Waals surface area contributed by atoms with Crippen molar-refractivity contribution < 1.29 is 19.4 Å². The first-order valence-corrected chi connectivity index (χ1v) is 5.73. The summed E-state index contributed by atoms with van der Waals surface area (Å²) in [5, 5.41) is 10.6. The summed E-state index contributed by atoms with van der Waals surface area (Å²) in [5.41, 5.74) is -1.75. The van der Waals surface area contributed by atoms with Crippen LogP contribution in [0.1, 0.15) is 25.7 Å². The summed E-state index contributed by atoms with van der Waals surface area (Å²) in [6, 6.07) is 0. The minimum absolute atomic E-state index is 0.0111. The predicted octanol–water partition coefficient (Wildman–Crippen LogP) is 0.788. The van der Waals surface area contributed by atoms with Gasteiger partial charge in [-0.25, -0.2) is 0 Å². The van der Waals surface area contributed by atoms with Gasteiger partial charge in [0, 0.05) is 25.9 Å². The normalized spacial score (nSPS) is 50.0. The Labute approximate surface area is 94.2 Å². The standard InChI is InChI=1S/C12H16O4/c1-15-9-6-11(14)7-10(13)16-12(11)5-3-2-4-8(9)12/h2-3,8-9,14H,4-7H2,1H3/t8-,9-,11+,12-/m1/s1. The van der Waals surface area contributed by atoms with Crippen LogP contribution >= 0.6 is 0 Å². The topological polar surface area (TPSA) is 55.8 Å². The van der Waals surface area contributed by atoms with E-state index in [1.165, 1.54) is 0 Å². The Bertz CT molecular complexity index is 364. The average molecular weight is 224 g/mol. The lowest BCUT2D eigenvalue weighted by Gasteiger charge is -2.39. The SMILES string of the molecule is CO[C@@H]1C[C@]2(O)CC(=O)O[C@@]23CC=CC[C@H]13. The molecule has 1 N–H and O–H groups in total. The molecule has 0 bridgehead atoms. The zero-order chi connectivity index (χ0) is 11.4. The number of aliphatic hydroxyl groups is 1. The molecule has 1 saturated carbocycles. The van der Waals surface area contributed by atoms with Crippen molar-refractivity contribution in [3.05, 3.63) is 12.2 Å². The first kappa shape index (κ1) is 10.3. The molecule has 1 heterocycles. The van der Waals surface area contributed by atoms with Crippen LogP contribution in [0.2, 0.25) is 0 Å². The Balaban J connectivity index is 2.05. The minimum atomic E-state index is -1.03. The monoisotopic (exact) mass is 224 g/mol. The largest absolute Gasteiger partial charge is 0.455 e. The van der Waals surface area contributed by atoms with E-state index in [0.29, 0.717) is 12.8 Å². The maximum Gasteiger partial charge on any atom is 0.309 e. The van der Waals surface area contributed by atoms with Gasteiger partial charge in [-0.2, -0.15) is 0 Å². The lowest BCUT2D eigenvalue weighted by molar-refractivity contribution is -0.163. The van der Waals surface area contributed by atoms with Crippen LogP contribution in [-0.4, -0.2) is 35.5 Å². The Morgan fingerprint density at radius 2 is 2.38 bits per heavy atom. The molecule has 88 valence electrons. The minimum Gasteiger partial charge on any atom is -0.455 e. The fourth-order valence-corrected chi connectivity index (χ4v) is 3.64. The molecule has 16 heavy (non-hydrogen) atoms. The Morgan fingerprint density at radius 3 is 3.12 bits per heavy atom. The maximum atomic E-state index is 11.5. The van der Waals surface area contributed by atoms with Gasteiger partial charge < -0.3 is 14.6 Å². The van der Waals surface area contributed by atoms with Gasteiger partial charge in [-0.05, 0) is 6.42 Å². The molecule has 1 spiro atoms. The number of carbonyl (C=O) groups is 1. The molecule has 3 rings (SSSR count). The Hall–Kier alpha value is -0.870. The fraction of sp³-hybridized carbons (Fsp3) is 0.750. The van der Waals surface area contributed by atoms with Crippen LogP contribution in [0.5, 0.6) is 0 Å². The van der Waals surface area contributed by atoms with Gasteiger partial charge in [-0.15, -0.1) is 0 Å². The molecule has 0 aromatic carbocycles. The third kappa shape index (κ3) is 1.04. The second kappa shape index (κ2) is 3.08. The summed E-state index contributed by atoms with van der Waals surface area (Å²) in [4.78, 5) is 11.5. The zero-order valence-electron chi connectivity index (χ0n) is 9.31. The molecule has 1 saturated heterocycles. The van der Waals surface area contributed by atoms with E-state index in [9.17, 15) is 9.90 Å². The van der Waals surface area contributed by atoms with Gasteiger partial charge in [-0.1, -0.05) is 12.2 Å². The quantitative estimate of drug-likeness (QED) is 0.528. The molecule has 4 atom stereocenters. The molecule has 3 aliphatic rings. The van der Waals surface area contributed by atoms with Crippen LogP contribution in [0.25, 0.3) is 0 Å². The van der Waals surface area contributed by atoms with Crippen molar-refractivity contribution in [1.82, 2.24) is 0 Å². The third-order valence-corrected chi connectivity index (χ3v) is 4.39. The second-order valence-corrected chi connectivity index (χ2v) is 5.07. The number of hydrogen-bond donors (Lipinski definition) is 1. The molecular weight excluding hydrogens is 208 g/mol. The van der Waals surface area contributed by atoms with Gasteiger partial charge in [0.2, 0.25) is 0 Å². The highest BCUT2D eigenvalue weighted by Gasteiger charge is 2.70. The van der Waals surface area contributed by atoms with E-state index < -0.39 is 11.2 Å². The van der Waals surface area contributed by atoms with Gasteiger partial charge in [0.05, 0.1) is 12.5 Å². The van der Waals surface area contributed by atoms with Crippen molar-refractivity contribution in [2.75, 3.05) is 7.11 Å². The zero-order valence-corrected chi connectivity index (χ0v) is 9.31. The first-order valence-electron chi connectivity index (χ1n) is 5.73. The summed E-state index contributed by atoms with van der Waals surface area (Å²) in [7, 11) is 1.66. The fourth-order valence-electron chi connectivity index (χ4n) is 3.64. The van der Waals surface area contributed by atoms with E-state index in [4.69, 9.17) is 9.47 Å². The number of esters is 1. The highest BCUT2D eigenvalue weighted by Crippen LogP contribution is 2.57. The molecule has 0 radical (unpaired) electrons. The summed E-state index contributed by atoms with van der Waals surface area (Å²) in [6.07, 6.45) is 6.10. The van der Waals surface area contributed by atoms with Crippen LogP contribution in [0.4, 0.5) is 0 Å². The predicted molar refractivity (Wildman–Crippen MR) is 55.7 cm³/mol. The second-order valence-electron chi connectivity index (χ2n) is 5.07. The van der Waals surface area contributed by atoms with Gasteiger partial charge >= 0.3 is 5.97 Å². The number of methoxy groups -OCH3 is 1. The molecule has 2 fully saturated rings. The number of rotatable bonds is 1. The molecule has 4 nitrogen and oxygen atoms in total. The van der Waals surface area contributed by atoms with Gasteiger partial charge in [0.1, 0.15) is 5.60 Å². The molecule has 0 aromatic heterocycles. The van der Waals surface area contributed by atoms with Crippen LogP contribution in [0, 0.1) is 5.92 Å². The molecule has 0 unspecified atom stereocenters. The third-order valence-electron chi connectivity index (χ3n) is 4.39. The van der Waals surface area contributed by atoms with Crippen LogP contribution in [-0.2, 0) is 14.3 Å². The number of hydrogen-bond acceptors (Lipinski definition) is 4. The molecule has 0 amide bonds. The summed E-state index contributed by atoms with van der Waals surface area (Å²) in [5.74, 6) is -0.184. The number of carbonyl (C=O) groups excluding carboxylic acids is 1. The van der Waals surface area contributed by atoms with Gasteiger partial charge in [-0.3, -0.25) is 4.79 Å². The highest BCUT2D eigenvalue weighted by molar-refractivity contribution is 5.75. The maximum absolute atomic E-state index is 11.5. The van der Waals surface area contributed by atoms with Crippen LogP contribution < -0.4 is 0 Å². The van der Waals surface area contributed by atoms with Crippen molar-refractivity contribution in [1.29, 1.82) is 0 Å². The van der Waals surface area contributed by atoms with Gasteiger partial charge in [0.25, 0.3) is 0 Å².